The van der Waals surface area contributed by atoms with Crippen LogP contribution in [0.15, 0.2) is 56.3 Å². The molecule has 0 fully saturated rings. The lowest BCUT2D eigenvalue weighted by atomic mass is 10.2. The molecule has 2 aromatic rings. The minimum atomic E-state index is -3.74. The third-order valence-electron chi connectivity index (χ3n) is 2.62. The highest BCUT2D eigenvalue weighted by molar-refractivity contribution is 9.11. The third-order valence-corrected chi connectivity index (χ3v) is 4.70. The van der Waals surface area contributed by atoms with Crippen molar-refractivity contribution in [2.75, 3.05) is 5.32 Å². The van der Waals surface area contributed by atoms with E-state index < -0.39 is 10.0 Å². The third kappa shape index (κ3) is 4.13. The van der Waals surface area contributed by atoms with Crippen molar-refractivity contribution in [2.24, 2.45) is 5.14 Å². The van der Waals surface area contributed by atoms with E-state index >= 15 is 0 Å². The molecule has 0 saturated carbocycles. The molecular formula is C13H10Br2N2O3S. The molecule has 0 aliphatic heterocycles. The summed E-state index contributed by atoms with van der Waals surface area (Å²) in [6, 6.07) is 10.8. The maximum absolute atomic E-state index is 12.1. The molecule has 21 heavy (non-hydrogen) atoms. The number of halogens is 2. The van der Waals surface area contributed by atoms with Crippen LogP contribution in [-0.2, 0) is 10.0 Å². The van der Waals surface area contributed by atoms with Gasteiger partial charge in [-0.15, -0.1) is 0 Å². The van der Waals surface area contributed by atoms with Crippen molar-refractivity contribution < 1.29 is 13.2 Å². The van der Waals surface area contributed by atoms with Crippen molar-refractivity contribution in [3.8, 4) is 0 Å². The van der Waals surface area contributed by atoms with Crippen molar-refractivity contribution in [3.05, 3.63) is 57.0 Å². The summed E-state index contributed by atoms with van der Waals surface area (Å²) in [6.45, 7) is 0. The number of nitrogens with one attached hydrogen (secondary N) is 1. The van der Waals surface area contributed by atoms with Gasteiger partial charge in [0.1, 0.15) is 0 Å². The molecule has 0 aromatic heterocycles. The first kappa shape index (κ1) is 16.2. The van der Waals surface area contributed by atoms with Gasteiger partial charge in [0.05, 0.1) is 10.5 Å². The van der Waals surface area contributed by atoms with Crippen LogP contribution in [0.5, 0.6) is 0 Å². The number of benzene rings is 2. The number of hydrogen-bond donors (Lipinski definition) is 2. The van der Waals surface area contributed by atoms with Gasteiger partial charge in [0.25, 0.3) is 5.91 Å². The molecule has 0 radical (unpaired) electrons. The van der Waals surface area contributed by atoms with Gasteiger partial charge in [-0.1, -0.05) is 15.9 Å². The fraction of sp³-hybridized carbons (Fsp3) is 0. The fourth-order valence-electron chi connectivity index (χ4n) is 1.60. The first-order valence-electron chi connectivity index (χ1n) is 5.66. The van der Waals surface area contributed by atoms with Gasteiger partial charge in [-0.3, -0.25) is 4.79 Å². The second-order valence-corrected chi connectivity index (χ2v) is 7.48. The molecule has 0 heterocycles. The second kappa shape index (κ2) is 6.27. The van der Waals surface area contributed by atoms with Crippen LogP contribution < -0.4 is 10.5 Å². The monoisotopic (exact) mass is 432 g/mol. The van der Waals surface area contributed by atoms with Gasteiger partial charge < -0.3 is 5.32 Å². The Morgan fingerprint density at radius 2 is 1.67 bits per heavy atom. The van der Waals surface area contributed by atoms with Crippen LogP contribution in [0.3, 0.4) is 0 Å². The van der Waals surface area contributed by atoms with E-state index in [-0.39, 0.29) is 10.8 Å². The molecule has 8 heteroatoms. The predicted octanol–water partition coefficient (Wildman–Crippen LogP) is 3.11. The summed E-state index contributed by atoms with van der Waals surface area (Å²) in [4.78, 5) is 12.1. The molecule has 0 aliphatic rings. The predicted molar refractivity (Wildman–Crippen MR) is 87.6 cm³/mol. The van der Waals surface area contributed by atoms with Gasteiger partial charge >= 0.3 is 0 Å². The largest absolute Gasteiger partial charge is 0.322 e. The SMILES string of the molecule is NS(=O)(=O)c1ccc(NC(=O)c2ccc(Br)cc2Br)cc1. The van der Waals surface area contributed by atoms with Gasteiger partial charge in [0, 0.05) is 14.6 Å². The van der Waals surface area contributed by atoms with Crippen molar-refractivity contribution >= 4 is 53.5 Å². The van der Waals surface area contributed by atoms with Gasteiger partial charge in [-0.05, 0) is 58.4 Å². The minimum absolute atomic E-state index is 0.00896. The highest BCUT2D eigenvalue weighted by atomic mass is 79.9. The first-order chi connectivity index (χ1) is 9.77. The Balaban J connectivity index is 2.20. The van der Waals surface area contributed by atoms with Crippen molar-refractivity contribution in [2.45, 2.75) is 4.90 Å². The number of sulfonamides is 1. The Labute approximate surface area is 138 Å². The van der Waals surface area contributed by atoms with Crippen LogP contribution in [0.4, 0.5) is 5.69 Å². The number of amides is 1. The molecule has 110 valence electrons. The molecule has 0 unspecified atom stereocenters. The summed E-state index contributed by atoms with van der Waals surface area (Å²) in [7, 11) is -3.74. The Bertz CT molecular complexity index is 790. The number of primary sulfonamides is 1. The topological polar surface area (TPSA) is 89.3 Å². The molecule has 0 aliphatic carbocycles. The minimum Gasteiger partial charge on any atom is -0.322 e. The van der Waals surface area contributed by atoms with Crippen LogP contribution in [0.1, 0.15) is 10.4 Å². The molecule has 3 N–H and O–H groups in total. The maximum Gasteiger partial charge on any atom is 0.256 e. The van der Waals surface area contributed by atoms with Crippen molar-refractivity contribution in [1.82, 2.24) is 0 Å². The second-order valence-electron chi connectivity index (χ2n) is 4.15. The van der Waals surface area contributed by atoms with Crippen LogP contribution in [0, 0.1) is 0 Å². The maximum atomic E-state index is 12.1. The van der Waals surface area contributed by atoms with Gasteiger partial charge in [-0.25, -0.2) is 13.6 Å². The lowest BCUT2D eigenvalue weighted by molar-refractivity contribution is 0.102. The lowest BCUT2D eigenvalue weighted by Gasteiger charge is -2.08. The van der Waals surface area contributed by atoms with E-state index in [1.54, 1.807) is 18.2 Å². The standard InChI is InChI=1S/C13H10Br2N2O3S/c14-8-1-6-11(12(15)7-8)13(18)17-9-2-4-10(5-3-9)21(16,19)20/h1-7H,(H,17,18)(H2,16,19,20). The normalized spacial score (nSPS) is 11.2. The first-order valence-corrected chi connectivity index (χ1v) is 8.80. The molecule has 5 nitrogen and oxygen atoms in total. The van der Waals surface area contributed by atoms with Crippen LogP contribution >= 0.6 is 31.9 Å². The zero-order valence-electron chi connectivity index (χ0n) is 10.5. The summed E-state index contributed by atoms with van der Waals surface area (Å²) < 4.78 is 23.8. The molecule has 2 aromatic carbocycles. The van der Waals surface area contributed by atoms with Crippen LogP contribution in [-0.4, -0.2) is 14.3 Å². The van der Waals surface area contributed by atoms with Crippen molar-refractivity contribution in [1.29, 1.82) is 0 Å². The van der Waals surface area contributed by atoms with E-state index in [1.807, 2.05) is 0 Å². The number of rotatable bonds is 3. The quantitative estimate of drug-likeness (QED) is 0.779. The van der Waals surface area contributed by atoms with Gasteiger partial charge in [0.15, 0.2) is 0 Å². The van der Waals surface area contributed by atoms with E-state index in [1.165, 1.54) is 24.3 Å². The summed E-state index contributed by atoms with van der Waals surface area (Å²) in [6.07, 6.45) is 0. The average Bonchev–Trinajstić information content (AvgIpc) is 2.38. The van der Waals surface area contributed by atoms with E-state index in [4.69, 9.17) is 5.14 Å². The smallest absolute Gasteiger partial charge is 0.256 e. The molecule has 0 spiro atoms. The molecule has 0 bridgehead atoms. The highest BCUT2D eigenvalue weighted by Crippen LogP contribution is 2.23. The molecule has 0 atom stereocenters. The van der Waals surface area contributed by atoms with E-state index in [0.29, 0.717) is 15.7 Å². The van der Waals surface area contributed by atoms with Crippen LogP contribution in [0.2, 0.25) is 0 Å². The number of anilines is 1. The summed E-state index contributed by atoms with van der Waals surface area (Å²) >= 11 is 6.62. The summed E-state index contributed by atoms with van der Waals surface area (Å²) in [5.74, 6) is -0.308. The number of carbonyl (C=O) groups excluding carboxylic acids is 1. The Kier molecular flexibility index (Phi) is 4.82. The van der Waals surface area contributed by atoms with Gasteiger partial charge in [0.2, 0.25) is 10.0 Å². The zero-order chi connectivity index (χ0) is 15.6. The zero-order valence-corrected chi connectivity index (χ0v) is 14.5. The highest BCUT2D eigenvalue weighted by Gasteiger charge is 2.12. The summed E-state index contributed by atoms with van der Waals surface area (Å²) in [5.41, 5.74) is 0.941. The molecule has 2 rings (SSSR count). The molecular weight excluding hydrogens is 424 g/mol. The number of hydrogen-bond acceptors (Lipinski definition) is 3. The fourth-order valence-corrected chi connectivity index (χ4v) is 3.34. The Hall–Kier alpha value is -1.22. The van der Waals surface area contributed by atoms with E-state index in [9.17, 15) is 13.2 Å². The molecule has 0 saturated heterocycles. The molecule has 1 amide bonds. The van der Waals surface area contributed by atoms with E-state index in [2.05, 4.69) is 37.2 Å². The number of nitrogens with two attached hydrogens (primary N) is 1. The Morgan fingerprint density at radius 1 is 1.05 bits per heavy atom. The lowest BCUT2D eigenvalue weighted by Crippen LogP contribution is -2.14. The summed E-state index contributed by atoms with van der Waals surface area (Å²) in [5, 5.41) is 7.68. The Morgan fingerprint density at radius 3 is 2.19 bits per heavy atom. The van der Waals surface area contributed by atoms with Crippen LogP contribution in [0.25, 0.3) is 0 Å². The average molecular weight is 434 g/mol. The van der Waals surface area contributed by atoms with Crippen molar-refractivity contribution in [3.63, 3.8) is 0 Å². The number of carbonyl (C=O) groups is 1. The van der Waals surface area contributed by atoms with E-state index in [0.717, 1.165) is 4.47 Å². The van der Waals surface area contributed by atoms with Gasteiger partial charge in [-0.2, -0.15) is 0 Å².